The first-order valence-corrected chi connectivity index (χ1v) is 9.59. The standard InChI is InChI=1S/C20H18BrClN2O/c21-17-4-2-1-3-13(17)5-8-20(25)24-10-9-19-16(12-24)15-11-14(22)6-7-18(15)23-19/h1-4,6-7,11,23H,5,8-10,12H2. The monoisotopic (exact) mass is 416 g/mol. The Balaban J connectivity index is 1.50. The number of hydrogen-bond acceptors (Lipinski definition) is 1. The second-order valence-electron chi connectivity index (χ2n) is 6.43. The fraction of sp³-hybridized carbons (Fsp3) is 0.250. The van der Waals surface area contributed by atoms with Gasteiger partial charge in [-0.1, -0.05) is 45.7 Å². The first-order valence-electron chi connectivity index (χ1n) is 8.42. The lowest BCUT2D eigenvalue weighted by Gasteiger charge is -2.27. The molecule has 4 rings (SSSR count). The molecule has 0 spiro atoms. The van der Waals surface area contributed by atoms with Gasteiger partial charge < -0.3 is 9.88 Å². The van der Waals surface area contributed by atoms with Crippen molar-refractivity contribution in [3.05, 3.63) is 68.8 Å². The van der Waals surface area contributed by atoms with E-state index in [1.54, 1.807) is 0 Å². The number of aromatic amines is 1. The number of nitrogens with one attached hydrogen (secondary N) is 1. The third-order valence-electron chi connectivity index (χ3n) is 4.86. The molecule has 0 unspecified atom stereocenters. The number of nitrogens with zero attached hydrogens (tertiary/aromatic N) is 1. The molecule has 0 bridgehead atoms. The lowest BCUT2D eigenvalue weighted by Crippen LogP contribution is -2.35. The summed E-state index contributed by atoms with van der Waals surface area (Å²) in [5.74, 6) is 0.206. The molecule has 3 nitrogen and oxygen atoms in total. The van der Waals surface area contributed by atoms with Gasteiger partial charge in [-0.15, -0.1) is 0 Å². The Bertz CT molecular complexity index is 950. The van der Waals surface area contributed by atoms with Crippen molar-refractivity contribution in [1.82, 2.24) is 9.88 Å². The topological polar surface area (TPSA) is 36.1 Å². The fourth-order valence-electron chi connectivity index (χ4n) is 3.50. The van der Waals surface area contributed by atoms with E-state index in [4.69, 9.17) is 11.6 Å². The number of hydrogen-bond donors (Lipinski definition) is 1. The minimum absolute atomic E-state index is 0.206. The highest BCUT2D eigenvalue weighted by molar-refractivity contribution is 9.10. The number of benzene rings is 2. The molecule has 1 aromatic heterocycles. The van der Waals surface area contributed by atoms with Gasteiger partial charge in [0.25, 0.3) is 0 Å². The van der Waals surface area contributed by atoms with E-state index < -0.39 is 0 Å². The summed E-state index contributed by atoms with van der Waals surface area (Å²) in [6, 6.07) is 14.0. The third kappa shape index (κ3) is 3.33. The SMILES string of the molecule is O=C(CCc1ccccc1Br)N1CCc2[nH]c3ccc(Cl)cc3c2C1. The van der Waals surface area contributed by atoms with Crippen molar-refractivity contribution >= 4 is 44.3 Å². The van der Waals surface area contributed by atoms with E-state index in [-0.39, 0.29) is 5.91 Å². The van der Waals surface area contributed by atoms with Gasteiger partial charge in [0.15, 0.2) is 0 Å². The molecule has 128 valence electrons. The van der Waals surface area contributed by atoms with Crippen molar-refractivity contribution < 1.29 is 4.79 Å². The van der Waals surface area contributed by atoms with Crippen molar-refractivity contribution in [1.29, 1.82) is 0 Å². The van der Waals surface area contributed by atoms with Crippen LogP contribution in [0.3, 0.4) is 0 Å². The molecule has 2 heterocycles. The quantitative estimate of drug-likeness (QED) is 0.632. The number of carbonyl (C=O) groups is 1. The molecule has 1 aliphatic heterocycles. The van der Waals surface area contributed by atoms with Crippen molar-refractivity contribution in [2.75, 3.05) is 6.54 Å². The highest BCUT2D eigenvalue weighted by Gasteiger charge is 2.24. The maximum absolute atomic E-state index is 12.7. The van der Waals surface area contributed by atoms with E-state index in [2.05, 4.69) is 27.0 Å². The smallest absolute Gasteiger partial charge is 0.223 e. The largest absolute Gasteiger partial charge is 0.358 e. The zero-order valence-electron chi connectivity index (χ0n) is 13.7. The van der Waals surface area contributed by atoms with Gasteiger partial charge in [0.1, 0.15) is 0 Å². The van der Waals surface area contributed by atoms with Gasteiger partial charge in [0, 0.05) is 57.6 Å². The molecule has 5 heteroatoms. The van der Waals surface area contributed by atoms with Gasteiger partial charge in [0.2, 0.25) is 5.91 Å². The Morgan fingerprint density at radius 1 is 1.24 bits per heavy atom. The summed E-state index contributed by atoms with van der Waals surface area (Å²) in [5, 5.41) is 1.86. The number of halogens is 2. The minimum Gasteiger partial charge on any atom is -0.358 e. The molecular weight excluding hydrogens is 400 g/mol. The van der Waals surface area contributed by atoms with Crippen LogP contribution in [0.4, 0.5) is 0 Å². The van der Waals surface area contributed by atoms with Crippen LogP contribution in [0.15, 0.2) is 46.9 Å². The molecule has 1 N–H and O–H groups in total. The van der Waals surface area contributed by atoms with Crippen molar-refractivity contribution in [3.8, 4) is 0 Å². The van der Waals surface area contributed by atoms with E-state index in [9.17, 15) is 4.79 Å². The normalized spacial score (nSPS) is 13.9. The second-order valence-corrected chi connectivity index (χ2v) is 7.72. The van der Waals surface area contributed by atoms with Gasteiger partial charge in [-0.05, 0) is 36.2 Å². The van der Waals surface area contributed by atoms with Gasteiger partial charge in [-0.3, -0.25) is 4.79 Å². The molecule has 1 amide bonds. The highest BCUT2D eigenvalue weighted by atomic mass is 79.9. The van der Waals surface area contributed by atoms with Crippen molar-refractivity contribution in [2.45, 2.75) is 25.8 Å². The fourth-order valence-corrected chi connectivity index (χ4v) is 4.16. The molecule has 3 aromatic rings. The van der Waals surface area contributed by atoms with Gasteiger partial charge in [-0.2, -0.15) is 0 Å². The molecule has 0 aliphatic carbocycles. The summed E-state index contributed by atoms with van der Waals surface area (Å²) < 4.78 is 1.06. The van der Waals surface area contributed by atoms with Crippen LogP contribution in [0.1, 0.15) is 23.2 Å². The molecule has 0 saturated carbocycles. The van der Waals surface area contributed by atoms with Crippen LogP contribution in [0.2, 0.25) is 5.02 Å². The Morgan fingerprint density at radius 3 is 2.92 bits per heavy atom. The van der Waals surface area contributed by atoms with Crippen LogP contribution in [-0.4, -0.2) is 22.3 Å². The number of aromatic nitrogens is 1. The summed E-state index contributed by atoms with van der Waals surface area (Å²) in [7, 11) is 0. The number of aryl methyl sites for hydroxylation is 1. The van der Waals surface area contributed by atoms with Crippen LogP contribution in [0.25, 0.3) is 10.9 Å². The lowest BCUT2D eigenvalue weighted by molar-refractivity contribution is -0.132. The third-order valence-corrected chi connectivity index (χ3v) is 5.86. The Morgan fingerprint density at radius 2 is 2.08 bits per heavy atom. The number of fused-ring (bicyclic) bond motifs is 3. The summed E-state index contributed by atoms with van der Waals surface area (Å²) in [4.78, 5) is 18.1. The van der Waals surface area contributed by atoms with E-state index in [0.29, 0.717) is 13.0 Å². The number of carbonyl (C=O) groups excluding carboxylic acids is 1. The molecule has 0 saturated heterocycles. The molecule has 2 aromatic carbocycles. The van der Waals surface area contributed by atoms with Crippen LogP contribution >= 0.6 is 27.5 Å². The lowest BCUT2D eigenvalue weighted by atomic mass is 10.0. The number of rotatable bonds is 3. The first kappa shape index (κ1) is 16.7. The molecule has 0 radical (unpaired) electrons. The summed E-state index contributed by atoms with van der Waals surface area (Å²) in [6.45, 7) is 1.42. The van der Waals surface area contributed by atoms with E-state index in [1.165, 1.54) is 16.8 Å². The molecule has 0 atom stereocenters. The first-order chi connectivity index (χ1) is 12.1. The van der Waals surface area contributed by atoms with Gasteiger partial charge in [0.05, 0.1) is 0 Å². The molecular formula is C20H18BrClN2O. The maximum atomic E-state index is 12.7. The van der Waals surface area contributed by atoms with E-state index >= 15 is 0 Å². The van der Waals surface area contributed by atoms with Crippen LogP contribution in [0.5, 0.6) is 0 Å². The van der Waals surface area contributed by atoms with Gasteiger partial charge >= 0.3 is 0 Å². The summed E-state index contributed by atoms with van der Waals surface area (Å²) >= 11 is 9.70. The van der Waals surface area contributed by atoms with E-state index in [0.717, 1.165) is 39.8 Å². The van der Waals surface area contributed by atoms with Crippen molar-refractivity contribution in [2.24, 2.45) is 0 Å². The van der Waals surface area contributed by atoms with E-state index in [1.807, 2.05) is 41.3 Å². The average Bonchev–Trinajstić information content (AvgIpc) is 2.98. The summed E-state index contributed by atoms with van der Waals surface area (Å²) in [6.07, 6.45) is 2.15. The van der Waals surface area contributed by atoms with Crippen LogP contribution in [0, 0.1) is 0 Å². The van der Waals surface area contributed by atoms with Crippen molar-refractivity contribution in [3.63, 3.8) is 0 Å². The minimum atomic E-state index is 0.206. The zero-order valence-corrected chi connectivity index (χ0v) is 16.0. The van der Waals surface area contributed by atoms with Gasteiger partial charge in [-0.25, -0.2) is 0 Å². The van der Waals surface area contributed by atoms with Crippen LogP contribution in [-0.2, 0) is 24.2 Å². The second kappa shape index (κ2) is 6.85. The zero-order chi connectivity index (χ0) is 17.4. The summed E-state index contributed by atoms with van der Waals surface area (Å²) in [5.41, 5.74) is 4.70. The Labute approximate surface area is 160 Å². The molecule has 1 aliphatic rings. The average molecular weight is 418 g/mol. The van der Waals surface area contributed by atoms with Crippen LogP contribution < -0.4 is 0 Å². The number of amides is 1. The molecule has 25 heavy (non-hydrogen) atoms. The highest BCUT2D eigenvalue weighted by Crippen LogP contribution is 2.30. The predicted octanol–water partition coefficient (Wildman–Crippen LogP) is 5.10. The Hall–Kier alpha value is -1.78. The maximum Gasteiger partial charge on any atom is 0.223 e. The predicted molar refractivity (Wildman–Crippen MR) is 105 cm³/mol. The Kier molecular flexibility index (Phi) is 4.57. The molecule has 0 fully saturated rings. The number of H-pyrrole nitrogens is 1.